The van der Waals surface area contributed by atoms with E-state index in [2.05, 4.69) is 20.1 Å². The number of hydrogen-bond acceptors (Lipinski definition) is 6. The summed E-state index contributed by atoms with van der Waals surface area (Å²) < 4.78 is 1.63. The van der Waals surface area contributed by atoms with Gasteiger partial charge in [0.1, 0.15) is 17.7 Å². The lowest BCUT2D eigenvalue weighted by Crippen LogP contribution is -2.15. The number of anilines is 1. The fraction of sp³-hybridized carbons (Fsp3) is 0.312. The molecule has 8 heteroatoms. The molecule has 0 aromatic carbocycles. The summed E-state index contributed by atoms with van der Waals surface area (Å²) in [6.07, 6.45) is 3.14. The van der Waals surface area contributed by atoms with Crippen molar-refractivity contribution in [2.24, 2.45) is 0 Å². The van der Waals surface area contributed by atoms with E-state index in [0.29, 0.717) is 17.6 Å². The lowest BCUT2D eigenvalue weighted by atomic mass is 10.2. The van der Waals surface area contributed by atoms with E-state index in [-0.39, 0.29) is 5.69 Å². The number of rotatable bonds is 4. The van der Waals surface area contributed by atoms with Gasteiger partial charge in [-0.3, -0.25) is 9.67 Å². The highest BCUT2D eigenvalue weighted by molar-refractivity contribution is 5.99. The molecule has 0 radical (unpaired) electrons. The third kappa shape index (κ3) is 2.66. The maximum Gasteiger partial charge on any atom is 0.358 e. The predicted octanol–water partition coefficient (Wildman–Crippen LogP) is 1.65. The third-order valence-corrected chi connectivity index (χ3v) is 3.81. The number of hydrogen-bond donors (Lipinski definition) is 1. The quantitative estimate of drug-likeness (QED) is 0.778. The molecule has 3 heterocycles. The molecule has 1 N–H and O–H groups in total. The minimum atomic E-state index is -1.09. The Morgan fingerprint density at radius 3 is 2.67 bits per heavy atom. The van der Waals surface area contributed by atoms with Gasteiger partial charge in [0.2, 0.25) is 0 Å². The topological polar surface area (TPSA) is 97.0 Å². The molecule has 0 aliphatic carbocycles. The van der Waals surface area contributed by atoms with Gasteiger partial charge in [-0.2, -0.15) is 5.10 Å². The molecule has 0 atom stereocenters. The fourth-order valence-electron chi connectivity index (χ4n) is 2.65. The van der Waals surface area contributed by atoms with Gasteiger partial charge in [-0.1, -0.05) is 0 Å². The van der Waals surface area contributed by atoms with Gasteiger partial charge in [-0.25, -0.2) is 14.8 Å². The van der Waals surface area contributed by atoms with Gasteiger partial charge >= 0.3 is 5.97 Å². The number of nitrogens with zero attached hydrogens (tertiary/aromatic N) is 6. The normalized spacial score (nSPS) is 11.0. The summed E-state index contributed by atoms with van der Waals surface area (Å²) in [5, 5.41) is 13.6. The molecule has 24 heavy (non-hydrogen) atoms. The van der Waals surface area contributed by atoms with E-state index in [9.17, 15) is 9.90 Å². The van der Waals surface area contributed by atoms with Gasteiger partial charge in [0.25, 0.3) is 0 Å². The van der Waals surface area contributed by atoms with Gasteiger partial charge in [0.15, 0.2) is 5.69 Å². The molecular weight excluding hydrogens is 308 g/mol. The Hall–Kier alpha value is -3.03. The molecule has 0 saturated heterocycles. The van der Waals surface area contributed by atoms with Crippen molar-refractivity contribution < 1.29 is 9.90 Å². The summed E-state index contributed by atoms with van der Waals surface area (Å²) in [7, 11) is 3.83. The molecule has 0 unspecified atom stereocenters. The van der Waals surface area contributed by atoms with Crippen molar-refractivity contribution >= 4 is 22.8 Å². The van der Waals surface area contributed by atoms with Crippen LogP contribution in [0.15, 0.2) is 18.6 Å². The van der Waals surface area contributed by atoms with Gasteiger partial charge < -0.3 is 10.0 Å². The number of carboxylic acid groups (broad SMARTS) is 1. The molecule has 0 aliphatic rings. The first-order valence-corrected chi connectivity index (χ1v) is 7.42. The van der Waals surface area contributed by atoms with Crippen molar-refractivity contribution in [3.63, 3.8) is 0 Å². The molecular formula is C16H18N6O2. The highest BCUT2D eigenvalue weighted by Gasteiger charge is 2.19. The van der Waals surface area contributed by atoms with Crippen molar-refractivity contribution in [2.45, 2.75) is 20.4 Å². The van der Waals surface area contributed by atoms with Crippen molar-refractivity contribution in [1.29, 1.82) is 0 Å². The minimum Gasteiger partial charge on any atom is -0.476 e. The van der Waals surface area contributed by atoms with Crippen LogP contribution in [-0.2, 0) is 6.54 Å². The van der Waals surface area contributed by atoms with E-state index >= 15 is 0 Å². The Morgan fingerprint density at radius 2 is 2.00 bits per heavy atom. The second kappa shape index (κ2) is 5.88. The predicted molar refractivity (Wildman–Crippen MR) is 89.4 cm³/mol. The third-order valence-electron chi connectivity index (χ3n) is 3.81. The Kier molecular flexibility index (Phi) is 3.88. The zero-order chi connectivity index (χ0) is 17.4. The van der Waals surface area contributed by atoms with E-state index < -0.39 is 5.97 Å². The van der Waals surface area contributed by atoms with Crippen LogP contribution in [0.2, 0.25) is 0 Å². The zero-order valence-electron chi connectivity index (χ0n) is 14.0. The number of pyridine rings is 1. The second-order valence-corrected chi connectivity index (χ2v) is 5.86. The molecule has 3 aromatic rings. The summed E-state index contributed by atoms with van der Waals surface area (Å²) in [5.41, 5.74) is 3.67. The molecule has 0 spiro atoms. The average molecular weight is 326 g/mol. The number of carbonyl (C=O) groups is 1. The van der Waals surface area contributed by atoms with E-state index in [4.69, 9.17) is 0 Å². The average Bonchev–Trinajstić information content (AvgIpc) is 2.87. The highest BCUT2D eigenvalue weighted by Crippen LogP contribution is 2.21. The molecule has 8 nitrogen and oxygen atoms in total. The van der Waals surface area contributed by atoms with Crippen LogP contribution in [0.4, 0.5) is 5.82 Å². The molecule has 0 fully saturated rings. The summed E-state index contributed by atoms with van der Waals surface area (Å²) in [6, 6.07) is 1.88. The molecule has 0 bridgehead atoms. The van der Waals surface area contributed by atoms with Crippen LogP contribution in [0.25, 0.3) is 11.0 Å². The molecule has 0 aliphatic heterocycles. The maximum atomic E-state index is 11.4. The first-order chi connectivity index (χ1) is 11.4. The SMILES string of the molecule is Cc1cnc2c(C(=O)O)nn(Cc3ncnc(N(C)C)c3C)c2c1. The largest absolute Gasteiger partial charge is 0.476 e. The van der Waals surface area contributed by atoms with E-state index in [1.165, 1.54) is 6.33 Å². The van der Waals surface area contributed by atoms with Gasteiger partial charge in [0.05, 0.1) is 17.8 Å². The first-order valence-electron chi connectivity index (χ1n) is 7.42. The lowest BCUT2D eigenvalue weighted by Gasteiger charge is -2.16. The Balaban J connectivity index is 2.13. The van der Waals surface area contributed by atoms with Gasteiger partial charge in [0, 0.05) is 25.9 Å². The Bertz CT molecular complexity index is 932. The molecule has 0 saturated carbocycles. The molecule has 3 aromatic heterocycles. The van der Waals surface area contributed by atoms with Crippen LogP contribution in [0, 0.1) is 13.8 Å². The summed E-state index contributed by atoms with van der Waals surface area (Å²) in [4.78, 5) is 26.2. The van der Waals surface area contributed by atoms with Gasteiger partial charge in [-0.15, -0.1) is 0 Å². The Labute approximate surface area is 138 Å². The summed E-state index contributed by atoms with van der Waals surface area (Å²) >= 11 is 0. The van der Waals surface area contributed by atoms with Crippen LogP contribution in [0.1, 0.15) is 27.3 Å². The van der Waals surface area contributed by atoms with Crippen LogP contribution in [0.5, 0.6) is 0 Å². The lowest BCUT2D eigenvalue weighted by molar-refractivity contribution is 0.0691. The van der Waals surface area contributed by atoms with Crippen molar-refractivity contribution in [3.05, 3.63) is 41.1 Å². The van der Waals surface area contributed by atoms with Crippen molar-refractivity contribution in [3.8, 4) is 0 Å². The van der Waals surface area contributed by atoms with Crippen LogP contribution in [-0.4, -0.2) is 49.9 Å². The monoisotopic (exact) mass is 326 g/mol. The van der Waals surface area contributed by atoms with Crippen LogP contribution >= 0.6 is 0 Å². The number of aromatic nitrogens is 5. The number of carboxylic acids is 1. The minimum absolute atomic E-state index is 0.0513. The van der Waals surface area contributed by atoms with Crippen LogP contribution in [0.3, 0.4) is 0 Å². The highest BCUT2D eigenvalue weighted by atomic mass is 16.4. The Morgan fingerprint density at radius 1 is 1.25 bits per heavy atom. The zero-order valence-corrected chi connectivity index (χ0v) is 14.0. The smallest absolute Gasteiger partial charge is 0.358 e. The molecule has 0 amide bonds. The maximum absolute atomic E-state index is 11.4. The van der Waals surface area contributed by atoms with Gasteiger partial charge in [-0.05, 0) is 25.5 Å². The number of aromatic carboxylic acids is 1. The van der Waals surface area contributed by atoms with Crippen LogP contribution < -0.4 is 4.90 Å². The number of fused-ring (bicyclic) bond motifs is 1. The summed E-state index contributed by atoms with van der Waals surface area (Å²) in [5.74, 6) is -0.271. The summed E-state index contributed by atoms with van der Waals surface area (Å²) in [6.45, 7) is 4.20. The molecule has 124 valence electrons. The fourth-order valence-corrected chi connectivity index (χ4v) is 2.65. The molecule has 3 rings (SSSR count). The van der Waals surface area contributed by atoms with Crippen molar-refractivity contribution in [2.75, 3.05) is 19.0 Å². The first kappa shape index (κ1) is 15.9. The number of aryl methyl sites for hydroxylation is 1. The second-order valence-electron chi connectivity index (χ2n) is 5.86. The van der Waals surface area contributed by atoms with Crippen molar-refractivity contribution in [1.82, 2.24) is 24.7 Å². The van der Waals surface area contributed by atoms with E-state index in [1.54, 1.807) is 10.9 Å². The standard InChI is InChI=1S/C16H18N6O2/c1-9-5-12-13(17-6-9)14(16(23)24)20-22(12)7-11-10(2)15(21(3)4)19-8-18-11/h5-6,8H,7H2,1-4H3,(H,23,24). The van der Waals surface area contributed by atoms with E-state index in [0.717, 1.165) is 22.6 Å². The van der Waals surface area contributed by atoms with E-state index in [1.807, 2.05) is 38.9 Å².